The van der Waals surface area contributed by atoms with Gasteiger partial charge >= 0.3 is 12.1 Å². The van der Waals surface area contributed by atoms with Crippen LogP contribution in [0.25, 0.3) is 11.0 Å². The number of hydrogen-bond acceptors (Lipinski definition) is 9. The molecule has 4 rings (SSSR count). The van der Waals surface area contributed by atoms with Crippen molar-refractivity contribution in [2.24, 2.45) is 23.7 Å². The van der Waals surface area contributed by atoms with Crippen molar-refractivity contribution in [3.63, 3.8) is 0 Å². The van der Waals surface area contributed by atoms with Crippen molar-refractivity contribution < 1.29 is 28.4 Å². The van der Waals surface area contributed by atoms with Gasteiger partial charge in [-0.15, -0.1) is 0 Å². The van der Waals surface area contributed by atoms with Gasteiger partial charge in [0.2, 0.25) is 0 Å². The van der Waals surface area contributed by atoms with Crippen molar-refractivity contribution in [3.8, 4) is 0 Å². The van der Waals surface area contributed by atoms with Crippen molar-refractivity contribution >= 4 is 46.3 Å². The van der Waals surface area contributed by atoms with Crippen molar-refractivity contribution in [1.29, 1.82) is 0 Å². The number of carbonyl (C=O) groups is 3. The summed E-state index contributed by atoms with van der Waals surface area (Å²) < 4.78 is 13.0. The van der Waals surface area contributed by atoms with Crippen LogP contribution in [0.2, 0.25) is 0 Å². The van der Waals surface area contributed by atoms with Crippen molar-refractivity contribution in [2.75, 3.05) is 57.7 Å². The number of anilines is 2. The lowest BCUT2D eigenvalue weighted by Gasteiger charge is -2.25. The van der Waals surface area contributed by atoms with Crippen LogP contribution in [-0.4, -0.2) is 90.4 Å². The molecule has 0 saturated carbocycles. The van der Waals surface area contributed by atoms with E-state index in [-0.39, 0.29) is 37.3 Å². The zero-order chi connectivity index (χ0) is 37.7. The molecule has 1 atom stereocenters. The number of rotatable bonds is 18. The molecule has 4 aromatic rings. The maximum absolute atomic E-state index is 13.7. The molecular formula is C38H52N9O5+. The minimum atomic E-state index is -0.702. The Balaban J connectivity index is 1.31. The topological polar surface area (TPSA) is 166 Å². The minimum Gasteiger partial charge on any atom is -0.466 e. The Morgan fingerprint density at radius 2 is 1.77 bits per heavy atom. The van der Waals surface area contributed by atoms with Gasteiger partial charge in [0, 0.05) is 43.1 Å². The van der Waals surface area contributed by atoms with E-state index in [1.807, 2.05) is 29.8 Å². The van der Waals surface area contributed by atoms with Gasteiger partial charge in [0.15, 0.2) is 0 Å². The number of amides is 2. The number of carbonyl (C=O) groups excluding carboxylic acids is 3. The number of amidine groups is 1. The monoisotopic (exact) mass is 714 g/mol. The lowest BCUT2D eigenvalue weighted by atomic mass is 10.0. The second-order valence-electron chi connectivity index (χ2n) is 13.5. The fraction of sp³-hybridized carbons (Fsp3) is 0.421. The molecule has 4 N–H and O–H groups in total. The van der Waals surface area contributed by atoms with E-state index in [0.717, 1.165) is 42.8 Å². The molecule has 278 valence electrons. The number of unbranched alkanes of at least 4 members (excludes halogenated alkanes) is 1. The average molecular weight is 715 g/mol. The van der Waals surface area contributed by atoms with Crippen LogP contribution in [0, 0.1) is 5.92 Å². The highest BCUT2D eigenvalue weighted by molar-refractivity contribution is 6.07. The summed E-state index contributed by atoms with van der Waals surface area (Å²) in [4.78, 5) is 52.5. The third-order valence-corrected chi connectivity index (χ3v) is 8.31. The molecule has 2 aromatic carbocycles. The van der Waals surface area contributed by atoms with E-state index in [1.165, 1.54) is 4.90 Å². The Hall–Kier alpha value is -5.34. The Labute approximate surface area is 305 Å². The highest BCUT2D eigenvalue weighted by Gasteiger charge is 2.21. The fourth-order valence-corrected chi connectivity index (χ4v) is 5.39. The summed E-state index contributed by atoms with van der Waals surface area (Å²) in [5.41, 5.74) is 12.9. The number of benzene rings is 2. The summed E-state index contributed by atoms with van der Waals surface area (Å²) >= 11 is 0. The molecule has 0 bridgehead atoms. The number of nitrogens with zero attached hydrogens (tertiary/aromatic N) is 6. The summed E-state index contributed by atoms with van der Waals surface area (Å²) in [6.45, 7) is 5.99. The lowest BCUT2D eigenvalue weighted by Crippen LogP contribution is -2.49. The SMILES string of the molecule is CCOC(=O)CCN(C(=O)c1ccc2c(c1)nc(CNc1ccc(C(N)=NC(=O)OCCCCC(C)CN[N+](C)(C)C)cc1)n2C)c1ccccn1. The number of nitrogens with two attached hydrogens (primary N) is 1. The van der Waals surface area contributed by atoms with Gasteiger partial charge in [-0.25, -0.2) is 14.8 Å². The van der Waals surface area contributed by atoms with E-state index in [0.29, 0.717) is 46.1 Å². The Morgan fingerprint density at radius 1 is 1.02 bits per heavy atom. The lowest BCUT2D eigenvalue weighted by molar-refractivity contribution is -0.915. The summed E-state index contributed by atoms with van der Waals surface area (Å²) in [6, 6.07) is 17.9. The molecular weight excluding hydrogens is 662 g/mol. The molecule has 14 nitrogen and oxygen atoms in total. The highest BCUT2D eigenvalue weighted by Crippen LogP contribution is 2.21. The number of quaternary nitrogens is 1. The van der Waals surface area contributed by atoms with Gasteiger partial charge in [-0.3, -0.25) is 19.1 Å². The number of pyridine rings is 1. The maximum atomic E-state index is 13.7. The molecule has 0 fully saturated rings. The quantitative estimate of drug-likeness (QED) is 0.0318. The second kappa shape index (κ2) is 18.8. The van der Waals surface area contributed by atoms with E-state index in [2.05, 4.69) is 48.8 Å². The number of ether oxygens (including phenoxy) is 2. The van der Waals surface area contributed by atoms with Crippen molar-refractivity contribution in [3.05, 3.63) is 83.8 Å². The largest absolute Gasteiger partial charge is 0.466 e. The number of hydrogen-bond donors (Lipinski definition) is 3. The molecule has 2 amide bonds. The number of aromatic nitrogens is 3. The number of imidazole rings is 1. The zero-order valence-electron chi connectivity index (χ0n) is 31.1. The van der Waals surface area contributed by atoms with Crippen LogP contribution in [0.15, 0.2) is 71.9 Å². The Morgan fingerprint density at radius 3 is 2.46 bits per heavy atom. The molecule has 0 aliphatic carbocycles. The molecule has 0 aliphatic heterocycles. The minimum absolute atomic E-state index is 0.0424. The molecule has 0 radical (unpaired) electrons. The third-order valence-electron chi connectivity index (χ3n) is 8.31. The van der Waals surface area contributed by atoms with Crippen molar-refractivity contribution in [1.82, 2.24) is 20.0 Å². The van der Waals surface area contributed by atoms with Crippen molar-refractivity contribution in [2.45, 2.75) is 46.1 Å². The van der Waals surface area contributed by atoms with Gasteiger partial charge in [-0.1, -0.05) is 13.0 Å². The zero-order valence-corrected chi connectivity index (χ0v) is 31.1. The fourth-order valence-electron chi connectivity index (χ4n) is 5.39. The standard InChI is InChI=1S/C38H51N9O5/c1-7-51-35(48)20-22-46(33-13-8-10-21-40-33)37(49)29-16-19-32-31(24-29)43-34(45(32)3)26-41-30-17-14-28(15-18-30)36(39)44-38(50)52-23-11-9-12-27(2)25-42-47(4,5)6/h8,10,13-19,21,24,27,42H,7,9,11-12,20,22-23,25-26H2,1-6H3,(H2-,39,41,44,50)/p+1. The number of aryl methyl sites for hydroxylation is 1. The van der Waals surface area contributed by atoms with E-state index in [1.54, 1.807) is 55.6 Å². The summed E-state index contributed by atoms with van der Waals surface area (Å²) in [6.07, 6.45) is 3.71. The van der Waals surface area contributed by atoms with E-state index in [9.17, 15) is 14.4 Å². The molecule has 14 heteroatoms. The smallest absolute Gasteiger partial charge is 0.435 e. The number of aliphatic imine (C=N–C) groups is 1. The average Bonchev–Trinajstić information content (AvgIpc) is 3.44. The number of fused-ring (bicyclic) bond motifs is 1. The molecule has 52 heavy (non-hydrogen) atoms. The van der Waals surface area contributed by atoms with E-state index in [4.69, 9.17) is 20.2 Å². The second-order valence-corrected chi connectivity index (χ2v) is 13.5. The number of nitrogens with one attached hydrogen (secondary N) is 2. The first-order chi connectivity index (χ1) is 24.8. The van der Waals surface area contributed by atoms with Gasteiger partial charge in [0.25, 0.3) is 5.91 Å². The van der Waals surface area contributed by atoms with Crippen LogP contribution >= 0.6 is 0 Å². The summed E-state index contributed by atoms with van der Waals surface area (Å²) in [5.74, 6) is 1.13. The van der Waals surface area contributed by atoms with Gasteiger partial charge < -0.3 is 25.1 Å². The van der Waals surface area contributed by atoms with Crippen LogP contribution in [0.5, 0.6) is 0 Å². The predicted molar refractivity (Wildman–Crippen MR) is 203 cm³/mol. The van der Waals surface area contributed by atoms with Gasteiger partial charge in [0.1, 0.15) is 17.5 Å². The molecule has 2 aromatic heterocycles. The van der Waals surface area contributed by atoms with Gasteiger partial charge in [0.05, 0.1) is 58.4 Å². The third kappa shape index (κ3) is 11.9. The van der Waals surface area contributed by atoms with Gasteiger partial charge in [-0.2, -0.15) is 10.4 Å². The molecule has 1 unspecified atom stereocenters. The highest BCUT2D eigenvalue weighted by atomic mass is 16.5. The van der Waals surface area contributed by atoms with Crippen LogP contribution in [0.3, 0.4) is 0 Å². The first-order valence-corrected chi connectivity index (χ1v) is 17.6. The molecule has 0 aliphatic rings. The van der Waals surface area contributed by atoms with E-state index < -0.39 is 6.09 Å². The first-order valence-electron chi connectivity index (χ1n) is 17.6. The van der Waals surface area contributed by atoms with Crippen LogP contribution in [0.4, 0.5) is 16.3 Å². The molecule has 0 spiro atoms. The number of esters is 1. The Kier molecular flexibility index (Phi) is 14.2. The van der Waals surface area contributed by atoms with Crippen LogP contribution in [-0.2, 0) is 27.9 Å². The predicted octanol–water partition coefficient (Wildman–Crippen LogP) is 5.04. The summed E-state index contributed by atoms with van der Waals surface area (Å²) in [7, 11) is 8.20. The van der Waals surface area contributed by atoms with Crippen LogP contribution in [0.1, 0.15) is 61.3 Å². The maximum Gasteiger partial charge on any atom is 0.435 e. The van der Waals surface area contributed by atoms with Gasteiger partial charge in [-0.05, 0) is 86.7 Å². The Bertz CT molecular complexity index is 1820. The first kappa shape index (κ1) is 39.4. The van der Waals surface area contributed by atoms with Crippen LogP contribution < -0.4 is 21.4 Å². The van der Waals surface area contributed by atoms with E-state index >= 15 is 0 Å². The summed E-state index contributed by atoms with van der Waals surface area (Å²) in [5, 5.41) is 3.36. The normalized spacial score (nSPS) is 12.4. The molecule has 0 saturated heterocycles. The molecule has 2 heterocycles.